The fraction of sp³-hybridized carbons (Fsp3) is 0. The molecular weight excluding hydrogens is 321 g/mol. The highest BCUT2D eigenvalue weighted by atomic mass is 79.9. The molecule has 0 aliphatic carbocycles. The van der Waals surface area contributed by atoms with Gasteiger partial charge in [0.15, 0.2) is 5.69 Å². The van der Waals surface area contributed by atoms with E-state index in [2.05, 4.69) is 20.9 Å². The first-order chi connectivity index (χ1) is 8.56. The molecule has 2 rings (SSSR count). The van der Waals surface area contributed by atoms with Crippen LogP contribution in [0.2, 0.25) is 5.02 Å². The third-order valence-corrected chi connectivity index (χ3v) is 2.84. The number of hydrogen-bond donors (Lipinski definition) is 1. The summed E-state index contributed by atoms with van der Waals surface area (Å²) in [4.78, 5) is 14.6. The van der Waals surface area contributed by atoms with Gasteiger partial charge >= 0.3 is 5.97 Å². The van der Waals surface area contributed by atoms with Gasteiger partial charge in [-0.2, -0.15) is 0 Å². The summed E-state index contributed by atoms with van der Waals surface area (Å²) in [6.07, 6.45) is 0. The summed E-state index contributed by atoms with van der Waals surface area (Å²) in [5, 5.41) is 9.23. The molecule has 1 aromatic heterocycles. The lowest BCUT2D eigenvalue weighted by molar-refractivity contribution is 0.0689. The summed E-state index contributed by atoms with van der Waals surface area (Å²) in [5.74, 6) is -0.517. The molecular formula is C12H7BrClNO3. The quantitative estimate of drug-likeness (QED) is 0.925. The topological polar surface area (TPSA) is 59.4 Å². The number of halogens is 2. The van der Waals surface area contributed by atoms with Gasteiger partial charge in [0.25, 0.3) is 0 Å². The highest BCUT2D eigenvalue weighted by Crippen LogP contribution is 2.30. The maximum atomic E-state index is 10.8. The van der Waals surface area contributed by atoms with Crippen LogP contribution in [-0.2, 0) is 0 Å². The van der Waals surface area contributed by atoms with Crippen LogP contribution in [0.3, 0.4) is 0 Å². The van der Waals surface area contributed by atoms with E-state index < -0.39 is 5.97 Å². The van der Waals surface area contributed by atoms with E-state index >= 15 is 0 Å². The maximum Gasteiger partial charge on any atom is 0.354 e. The third kappa shape index (κ3) is 3.00. The van der Waals surface area contributed by atoms with Crippen LogP contribution < -0.4 is 4.74 Å². The van der Waals surface area contributed by atoms with Crippen LogP contribution in [0.4, 0.5) is 0 Å². The van der Waals surface area contributed by atoms with Crippen molar-refractivity contribution in [1.82, 2.24) is 4.98 Å². The molecule has 18 heavy (non-hydrogen) atoms. The second-order valence-corrected chi connectivity index (χ2v) is 4.67. The molecule has 0 amide bonds. The lowest BCUT2D eigenvalue weighted by Gasteiger charge is -2.07. The van der Waals surface area contributed by atoms with Gasteiger partial charge in [-0.15, -0.1) is 0 Å². The van der Waals surface area contributed by atoms with Crippen LogP contribution in [-0.4, -0.2) is 16.1 Å². The van der Waals surface area contributed by atoms with Crippen LogP contribution in [0.1, 0.15) is 10.5 Å². The van der Waals surface area contributed by atoms with Crippen molar-refractivity contribution in [2.45, 2.75) is 0 Å². The van der Waals surface area contributed by atoms with Crippen molar-refractivity contribution in [3.63, 3.8) is 0 Å². The second-order valence-electron chi connectivity index (χ2n) is 3.34. The summed E-state index contributed by atoms with van der Waals surface area (Å²) in [6.45, 7) is 0. The number of benzene rings is 1. The minimum atomic E-state index is -1.11. The molecule has 0 spiro atoms. The Hall–Kier alpha value is -1.59. The molecule has 1 aromatic carbocycles. The monoisotopic (exact) mass is 327 g/mol. The van der Waals surface area contributed by atoms with Gasteiger partial charge in [0.05, 0.1) is 5.02 Å². The Morgan fingerprint density at radius 2 is 2.11 bits per heavy atom. The minimum Gasteiger partial charge on any atom is -0.477 e. The number of rotatable bonds is 3. The average molecular weight is 329 g/mol. The van der Waals surface area contributed by atoms with Gasteiger partial charge in [0, 0.05) is 10.5 Å². The Kier molecular flexibility index (Phi) is 3.84. The molecule has 6 heteroatoms. The first kappa shape index (κ1) is 12.9. The molecule has 0 saturated heterocycles. The van der Waals surface area contributed by atoms with E-state index in [1.165, 1.54) is 6.07 Å². The van der Waals surface area contributed by atoms with Crippen LogP contribution in [0, 0.1) is 0 Å². The van der Waals surface area contributed by atoms with E-state index in [0.29, 0.717) is 10.8 Å². The van der Waals surface area contributed by atoms with Gasteiger partial charge in [-0.3, -0.25) is 0 Å². The van der Waals surface area contributed by atoms with Crippen molar-refractivity contribution >= 4 is 33.5 Å². The third-order valence-electron chi connectivity index (χ3n) is 2.05. The molecule has 92 valence electrons. The Bertz CT molecular complexity index is 604. The van der Waals surface area contributed by atoms with Crippen molar-refractivity contribution in [2.24, 2.45) is 0 Å². The van der Waals surface area contributed by atoms with Crippen molar-refractivity contribution in [3.8, 4) is 11.6 Å². The predicted octanol–water partition coefficient (Wildman–Crippen LogP) is 3.99. The fourth-order valence-corrected chi connectivity index (χ4v) is 1.97. The summed E-state index contributed by atoms with van der Waals surface area (Å²) >= 11 is 9.26. The normalized spacial score (nSPS) is 10.1. The van der Waals surface area contributed by atoms with Crippen molar-refractivity contribution in [2.75, 3.05) is 0 Å². The number of carbonyl (C=O) groups is 1. The lowest BCUT2D eigenvalue weighted by atomic mass is 10.3. The van der Waals surface area contributed by atoms with Crippen LogP contribution in [0.15, 0.2) is 40.9 Å². The highest BCUT2D eigenvalue weighted by molar-refractivity contribution is 9.10. The van der Waals surface area contributed by atoms with E-state index in [-0.39, 0.29) is 11.6 Å². The molecule has 0 aliphatic rings. The van der Waals surface area contributed by atoms with Crippen molar-refractivity contribution in [1.29, 1.82) is 0 Å². The molecule has 0 unspecified atom stereocenters. The highest BCUT2D eigenvalue weighted by Gasteiger charge is 2.08. The van der Waals surface area contributed by atoms with Gasteiger partial charge in [-0.05, 0) is 24.3 Å². The molecule has 4 nitrogen and oxygen atoms in total. The zero-order valence-electron chi connectivity index (χ0n) is 8.93. The molecule has 0 radical (unpaired) electrons. The van der Waals surface area contributed by atoms with Gasteiger partial charge < -0.3 is 9.84 Å². The van der Waals surface area contributed by atoms with Crippen LogP contribution in [0.25, 0.3) is 0 Å². The first-order valence-corrected chi connectivity index (χ1v) is 6.06. The predicted molar refractivity (Wildman–Crippen MR) is 70.4 cm³/mol. The second kappa shape index (κ2) is 5.37. The summed E-state index contributed by atoms with van der Waals surface area (Å²) in [7, 11) is 0. The minimum absolute atomic E-state index is 0.0827. The van der Waals surface area contributed by atoms with E-state index in [9.17, 15) is 4.79 Å². The largest absolute Gasteiger partial charge is 0.477 e. The molecule has 0 bridgehead atoms. The molecule has 0 fully saturated rings. The lowest BCUT2D eigenvalue weighted by Crippen LogP contribution is -2.00. The first-order valence-electron chi connectivity index (χ1n) is 4.89. The summed E-state index contributed by atoms with van der Waals surface area (Å²) < 4.78 is 6.25. The molecule has 0 atom stereocenters. The SMILES string of the molecule is O=C(O)c1cccc(Oc2ccc(Br)cc2Cl)n1. The van der Waals surface area contributed by atoms with Crippen molar-refractivity contribution < 1.29 is 14.6 Å². The van der Waals surface area contributed by atoms with Gasteiger partial charge in [0.2, 0.25) is 5.88 Å². The number of aromatic carboxylic acids is 1. The van der Waals surface area contributed by atoms with E-state index in [1.54, 1.807) is 30.3 Å². The van der Waals surface area contributed by atoms with E-state index in [4.69, 9.17) is 21.4 Å². The molecule has 2 aromatic rings. The molecule has 0 saturated carbocycles. The average Bonchev–Trinajstić information content (AvgIpc) is 2.33. The van der Waals surface area contributed by atoms with E-state index in [0.717, 1.165) is 4.47 Å². The summed E-state index contributed by atoms with van der Waals surface area (Å²) in [6, 6.07) is 9.61. The fourth-order valence-electron chi connectivity index (χ4n) is 1.26. The Labute approximate surface area is 116 Å². The number of carboxylic acid groups (broad SMARTS) is 1. The number of pyridine rings is 1. The number of ether oxygens (including phenoxy) is 1. The molecule has 0 aliphatic heterocycles. The zero-order valence-corrected chi connectivity index (χ0v) is 11.3. The van der Waals surface area contributed by atoms with Crippen molar-refractivity contribution in [3.05, 3.63) is 51.6 Å². The molecule has 1 heterocycles. The zero-order chi connectivity index (χ0) is 13.1. The Balaban J connectivity index is 2.28. The Morgan fingerprint density at radius 1 is 1.33 bits per heavy atom. The smallest absolute Gasteiger partial charge is 0.354 e. The standard InChI is InChI=1S/C12H7BrClNO3/c13-7-4-5-10(8(14)6-7)18-11-3-1-2-9(15-11)12(16)17/h1-6H,(H,16,17). The van der Waals surface area contributed by atoms with E-state index in [1.807, 2.05) is 0 Å². The maximum absolute atomic E-state index is 10.8. The number of aromatic nitrogens is 1. The summed E-state index contributed by atoms with van der Waals surface area (Å²) in [5.41, 5.74) is -0.0827. The van der Waals surface area contributed by atoms with Gasteiger partial charge in [-0.1, -0.05) is 33.6 Å². The van der Waals surface area contributed by atoms with Crippen LogP contribution >= 0.6 is 27.5 Å². The van der Waals surface area contributed by atoms with Crippen LogP contribution in [0.5, 0.6) is 11.6 Å². The molecule has 1 N–H and O–H groups in total. The Morgan fingerprint density at radius 3 is 2.78 bits per heavy atom. The number of carboxylic acids is 1. The van der Waals surface area contributed by atoms with Gasteiger partial charge in [0.1, 0.15) is 5.75 Å². The number of hydrogen-bond acceptors (Lipinski definition) is 3. The number of nitrogens with zero attached hydrogens (tertiary/aromatic N) is 1. The van der Waals surface area contributed by atoms with Gasteiger partial charge in [-0.25, -0.2) is 9.78 Å².